The zero-order valence-electron chi connectivity index (χ0n) is 11.7. The normalized spacial score (nSPS) is 10.5. The molecule has 0 aliphatic heterocycles. The van der Waals surface area contributed by atoms with Crippen molar-refractivity contribution in [1.29, 1.82) is 0 Å². The molecule has 1 rings (SSSR count). The molecule has 0 bridgehead atoms. The van der Waals surface area contributed by atoms with Crippen molar-refractivity contribution >= 4 is 11.6 Å². The van der Waals surface area contributed by atoms with Crippen molar-refractivity contribution in [1.82, 2.24) is 5.32 Å². The number of benzene rings is 1. The first-order valence-corrected chi connectivity index (χ1v) is 6.37. The first kappa shape index (κ1) is 15.5. The van der Waals surface area contributed by atoms with Crippen LogP contribution in [-0.4, -0.2) is 38.8 Å². The molecule has 5 heteroatoms. The van der Waals surface area contributed by atoms with Gasteiger partial charge in [-0.1, -0.05) is 13.8 Å². The molecule has 0 aliphatic carbocycles. The van der Waals surface area contributed by atoms with Gasteiger partial charge in [-0.05, 0) is 24.3 Å². The lowest BCUT2D eigenvalue weighted by Crippen LogP contribution is -2.32. The third kappa shape index (κ3) is 6.79. The molecular weight excluding hydrogens is 244 g/mol. The van der Waals surface area contributed by atoms with Crippen LogP contribution in [0.4, 0.5) is 5.69 Å². The molecule has 1 aromatic carbocycles. The van der Waals surface area contributed by atoms with Gasteiger partial charge in [0.2, 0.25) is 5.91 Å². The third-order valence-corrected chi connectivity index (χ3v) is 2.37. The van der Waals surface area contributed by atoms with Crippen molar-refractivity contribution in [3.05, 3.63) is 24.3 Å². The van der Waals surface area contributed by atoms with Crippen LogP contribution >= 0.6 is 0 Å². The van der Waals surface area contributed by atoms with Gasteiger partial charge in [0.25, 0.3) is 0 Å². The minimum Gasteiger partial charge on any atom is -0.491 e. The van der Waals surface area contributed by atoms with Crippen LogP contribution in [0.1, 0.15) is 13.8 Å². The van der Waals surface area contributed by atoms with Gasteiger partial charge in [-0.15, -0.1) is 0 Å². The minimum absolute atomic E-state index is 0.0539. The van der Waals surface area contributed by atoms with Crippen LogP contribution in [0, 0.1) is 0 Å². The zero-order chi connectivity index (χ0) is 14.1. The average molecular weight is 266 g/mol. The van der Waals surface area contributed by atoms with Gasteiger partial charge in [-0.2, -0.15) is 0 Å². The largest absolute Gasteiger partial charge is 0.491 e. The van der Waals surface area contributed by atoms with Crippen molar-refractivity contribution < 1.29 is 14.3 Å². The second kappa shape index (κ2) is 8.50. The van der Waals surface area contributed by atoms with Crippen LogP contribution in [0.25, 0.3) is 0 Å². The smallest absolute Gasteiger partial charge is 0.238 e. The summed E-state index contributed by atoms with van der Waals surface area (Å²) in [6.45, 7) is 5.38. The van der Waals surface area contributed by atoms with E-state index in [1.54, 1.807) is 7.11 Å². The fourth-order valence-corrected chi connectivity index (χ4v) is 1.38. The Morgan fingerprint density at radius 1 is 1.21 bits per heavy atom. The summed E-state index contributed by atoms with van der Waals surface area (Å²) in [5.74, 6) is 0.706. The number of carbonyl (C=O) groups is 1. The Morgan fingerprint density at radius 2 is 1.89 bits per heavy atom. The summed E-state index contributed by atoms with van der Waals surface area (Å²) in [6.07, 6.45) is 0. The molecule has 106 valence electrons. The molecule has 0 fully saturated rings. The van der Waals surface area contributed by atoms with Gasteiger partial charge in [-0.25, -0.2) is 0 Å². The highest BCUT2D eigenvalue weighted by atomic mass is 16.5. The van der Waals surface area contributed by atoms with E-state index in [9.17, 15) is 4.79 Å². The maximum Gasteiger partial charge on any atom is 0.238 e. The number of anilines is 1. The van der Waals surface area contributed by atoms with E-state index in [0.717, 1.165) is 11.4 Å². The number of ether oxygens (including phenoxy) is 2. The van der Waals surface area contributed by atoms with Crippen LogP contribution in [0.3, 0.4) is 0 Å². The van der Waals surface area contributed by atoms with Crippen molar-refractivity contribution in [2.75, 3.05) is 32.2 Å². The maximum atomic E-state index is 11.6. The van der Waals surface area contributed by atoms with E-state index in [0.29, 0.717) is 25.8 Å². The number of hydrogen-bond acceptors (Lipinski definition) is 4. The molecule has 0 saturated carbocycles. The lowest BCUT2D eigenvalue weighted by Gasteiger charge is -2.10. The lowest BCUT2D eigenvalue weighted by atomic mass is 10.3. The van der Waals surface area contributed by atoms with Gasteiger partial charge >= 0.3 is 0 Å². The van der Waals surface area contributed by atoms with E-state index < -0.39 is 0 Å². The maximum absolute atomic E-state index is 11.6. The zero-order valence-corrected chi connectivity index (χ0v) is 11.7. The van der Waals surface area contributed by atoms with Gasteiger partial charge in [0, 0.05) is 18.8 Å². The third-order valence-electron chi connectivity index (χ3n) is 2.37. The van der Waals surface area contributed by atoms with E-state index >= 15 is 0 Å². The van der Waals surface area contributed by atoms with Crippen molar-refractivity contribution in [3.63, 3.8) is 0 Å². The Morgan fingerprint density at radius 3 is 2.47 bits per heavy atom. The van der Waals surface area contributed by atoms with E-state index in [1.807, 2.05) is 38.1 Å². The first-order chi connectivity index (χ1) is 9.11. The number of nitrogens with one attached hydrogen (secondary N) is 2. The molecule has 2 N–H and O–H groups in total. The molecule has 5 nitrogen and oxygen atoms in total. The van der Waals surface area contributed by atoms with Gasteiger partial charge in [0.1, 0.15) is 12.4 Å². The van der Waals surface area contributed by atoms with Crippen molar-refractivity contribution in [2.45, 2.75) is 19.9 Å². The quantitative estimate of drug-likeness (QED) is 0.702. The van der Waals surface area contributed by atoms with E-state index in [2.05, 4.69) is 10.6 Å². The number of hydrogen-bond donors (Lipinski definition) is 2. The van der Waals surface area contributed by atoms with Crippen LogP contribution in [-0.2, 0) is 9.53 Å². The molecule has 1 aromatic rings. The van der Waals surface area contributed by atoms with Crippen molar-refractivity contribution in [3.8, 4) is 5.75 Å². The number of methoxy groups -OCH3 is 1. The molecule has 1 amide bonds. The second-order valence-electron chi connectivity index (χ2n) is 4.45. The molecular formula is C14H22N2O3. The molecule has 0 saturated heterocycles. The van der Waals surface area contributed by atoms with Gasteiger partial charge in [-0.3, -0.25) is 4.79 Å². The lowest BCUT2D eigenvalue weighted by molar-refractivity contribution is -0.115. The topological polar surface area (TPSA) is 59.6 Å². The highest BCUT2D eigenvalue weighted by molar-refractivity contribution is 5.92. The summed E-state index contributed by atoms with van der Waals surface area (Å²) < 4.78 is 10.3. The highest BCUT2D eigenvalue weighted by Crippen LogP contribution is 2.15. The molecule has 19 heavy (non-hydrogen) atoms. The Balaban J connectivity index is 2.37. The van der Waals surface area contributed by atoms with Crippen LogP contribution in [0.15, 0.2) is 24.3 Å². The molecule has 0 aromatic heterocycles. The van der Waals surface area contributed by atoms with Crippen LogP contribution < -0.4 is 15.4 Å². The van der Waals surface area contributed by atoms with E-state index in [-0.39, 0.29) is 5.91 Å². The summed E-state index contributed by atoms with van der Waals surface area (Å²) in [7, 11) is 1.63. The Bertz CT molecular complexity index is 377. The summed E-state index contributed by atoms with van der Waals surface area (Å²) in [6, 6.07) is 7.56. The monoisotopic (exact) mass is 266 g/mol. The SMILES string of the molecule is COCCOc1ccc(NC(=O)CNC(C)C)cc1. The van der Waals surface area contributed by atoms with Gasteiger partial charge in [0.15, 0.2) is 0 Å². The fraction of sp³-hybridized carbons (Fsp3) is 0.500. The minimum atomic E-state index is -0.0539. The highest BCUT2D eigenvalue weighted by Gasteiger charge is 2.03. The van der Waals surface area contributed by atoms with Gasteiger partial charge < -0.3 is 20.1 Å². The summed E-state index contributed by atoms with van der Waals surface area (Å²) >= 11 is 0. The number of amides is 1. The molecule has 0 aliphatic rings. The van der Waals surface area contributed by atoms with Crippen LogP contribution in [0.5, 0.6) is 5.75 Å². The van der Waals surface area contributed by atoms with Gasteiger partial charge in [0.05, 0.1) is 13.2 Å². The molecule has 0 unspecified atom stereocenters. The molecule has 0 radical (unpaired) electrons. The number of rotatable bonds is 8. The van der Waals surface area contributed by atoms with E-state index in [4.69, 9.17) is 9.47 Å². The predicted octanol–water partition coefficient (Wildman–Crippen LogP) is 1.65. The van der Waals surface area contributed by atoms with Crippen molar-refractivity contribution in [2.24, 2.45) is 0 Å². The summed E-state index contributed by atoms with van der Waals surface area (Å²) in [5, 5.41) is 5.87. The average Bonchev–Trinajstić information content (AvgIpc) is 2.39. The number of carbonyl (C=O) groups excluding carboxylic acids is 1. The summed E-state index contributed by atoms with van der Waals surface area (Å²) in [4.78, 5) is 11.6. The molecule has 0 atom stereocenters. The summed E-state index contributed by atoms with van der Waals surface area (Å²) in [5.41, 5.74) is 0.759. The van der Waals surface area contributed by atoms with Crippen LogP contribution in [0.2, 0.25) is 0 Å². The molecule has 0 spiro atoms. The predicted molar refractivity (Wildman–Crippen MR) is 75.6 cm³/mol. The first-order valence-electron chi connectivity index (χ1n) is 6.37. The van der Waals surface area contributed by atoms with E-state index in [1.165, 1.54) is 0 Å². The molecule has 0 heterocycles. The second-order valence-corrected chi connectivity index (χ2v) is 4.45. The fourth-order valence-electron chi connectivity index (χ4n) is 1.38. The Labute approximate surface area is 114 Å². The Kier molecular flexibility index (Phi) is 6.92. The Hall–Kier alpha value is -1.59. The standard InChI is InChI=1S/C14H22N2O3/c1-11(2)15-10-14(17)16-12-4-6-13(7-5-12)19-9-8-18-3/h4-7,11,15H,8-10H2,1-3H3,(H,16,17).